The zero-order chi connectivity index (χ0) is 16.9. The van der Waals surface area contributed by atoms with Gasteiger partial charge >= 0.3 is 5.97 Å². The zero-order valence-corrected chi connectivity index (χ0v) is 13.5. The first kappa shape index (κ1) is 15.8. The Bertz CT molecular complexity index is 860. The number of thiophene rings is 1. The van der Waals surface area contributed by atoms with Crippen LogP contribution in [0.15, 0.2) is 55.0 Å². The van der Waals surface area contributed by atoms with E-state index in [9.17, 15) is 9.59 Å². The van der Waals surface area contributed by atoms with Crippen LogP contribution in [-0.2, 0) is 4.74 Å². The molecule has 0 spiro atoms. The Balaban J connectivity index is 1.73. The summed E-state index contributed by atoms with van der Waals surface area (Å²) < 4.78 is 4.69. The van der Waals surface area contributed by atoms with Gasteiger partial charge in [0.25, 0.3) is 5.91 Å². The maximum atomic E-state index is 12.1. The number of nitrogens with zero attached hydrogens (tertiary/aromatic N) is 2. The molecule has 7 heteroatoms. The van der Waals surface area contributed by atoms with E-state index in [4.69, 9.17) is 0 Å². The van der Waals surface area contributed by atoms with Crippen LogP contribution in [0.3, 0.4) is 0 Å². The zero-order valence-electron chi connectivity index (χ0n) is 12.7. The number of pyridine rings is 2. The van der Waals surface area contributed by atoms with Crippen LogP contribution in [0, 0.1) is 0 Å². The smallest absolute Gasteiger partial charge is 0.348 e. The first-order valence-corrected chi connectivity index (χ1v) is 7.85. The average molecular weight is 339 g/mol. The van der Waals surface area contributed by atoms with Gasteiger partial charge in [-0.05, 0) is 36.4 Å². The standard InChI is InChI=1S/C17H13N3O3S/c1-23-17(22)15-5-4-14(24-15)13-3-2-12(10-19-13)20-16(21)11-6-8-18-9-7-11/h2-10H,1H3,(H,20,21). The van der Waals surface area contributed by atoms with Crippen molar-refractivity contribution in [2.45, 2.75) is 0 Å². The largest absolute Gasteiger partial charge is 0.465 e. The van der Waals surface area contributed by atoms with E-state index in [1.54, 1.807) is 48.9 Å². The fraction of sp³-hybridized carbons (Fsp3) is 0.0588. The van der Waals surface area contributed by atoms with Crippen molar-refractivity contribution in [2.24, 2.45) is 0 Å². The molecule has 0 aliphatic heterocycles. The Kier molecular flexibility index (Phi) is 4.62. The summed E-state index contributed by atoms with van der Waals surface area (Å²) in [6.45, 7) is 0. The number of carbonyl (C=O) groups excluding carboxylic acids is 2. The Hall–Kier alpha value is -3.06. The molecule has 3 aromatic heterocycles. The molecule has 0 atom stereocenters. The van der Waals surface area contributed by atoms with E-state index in [1.807, 2.05) is 6.07 Å². The minimum Gasteiger partial charge on any atom is -0.465 e. The molecular weight excluding hydrogens is 326 g/mol. The van der Waals surface area contributed by atoms with Gasteiger partial charge in [0.15, 0.2) is 0 Å². The predicted octanol–water partition coefficient (Wildman–Crippen LogP) is 3.24. The monoisotopic (exact) mass is 339 g/mol. The van der Waals surface area contributed by atoms with Crippen molar-refractivity contribution < 1.29 is 14.3 Å². The lowest BCUT2D eigenvalue weighted by Gasteiger charge is -2.05. The topological polar surface area (TPSA) is 81.2 Å². The normalized spacial score (nSPS) is 10.2. The van der Waals surface area contributed by atoms with Crippen LogP contribution in [-0.4, -0.2) is 29.0 Å². The van der Waals surface area contributed by atoms with Gasteiger partial charge in [-0.15, -0.1) is 11.3 Å². The number of nitrogens with one attached hydrogen (secondary N) is 1. The molecule has 6 nitrogen and oxygen atoms in total. The first-order chi connectivity index (χ1) is 11.7. The van der Waals surface area contributed by atoms with Gasteiger partial charge in [-0.3, -0.25) is 14.8 Å². The van der Waals surface area contributed by atoms with E-state index < -0.39 is 0 Å². The highest BCUT2D eigenvalue weighted by molar-refractivity contribution is 7.17. The highest BCUT2D eigenvalue weighted by Gasteiger charge is 2.11. The van der Waals surface area contributed by atoms with Crippen LogP contribution in [0.2, 0.25) is 0 Å². The molecule has 1 N–H and O–H groups in total. The van der Waals surface area contributed by atoms with Crippen LogP contribution in [0.4, 0.5) is 5.69 Å². The molecule has 1 amide bonds. The second-order valence-corrected chi connectivity index (χ2v) is 5.86. The quantitative estimate of drug-likeness (QED) is 0.738. The summed E-state index contributed by atoms with van der Waals surface area (Å²) in [6.07, 6.45) is 4.70. The SMILES string of the molecule is COC(=O)c1ccc(-c2ccc(NC(=O)c3ccncc3)cn2)s1. The molecule has 3 rings (SSSR count). The van der Waals surface area contributed by atoms with Gasteiger partial charge in [-0.1, -0.05) is 0 Å². The number of methoxy groups -OCH3 is 1. The number of esters is 1. The van der Waals surface area contributed by atoms with Crippen molar-refractivity contribution in [2.75, 3.05) is 12.4 Å². The van der Waals surface area contributed by atoms with E-state index in [-0.39, 0.29) is 11.9 Å². The fourth-order valence-corrected chi connectivity index (χ4v) is 2.91. The number of hydrogen-bond acceptors (Lipinski definition) is 6. The molecule has 0 bridgehead atoms. The molecule has 0 unspecified atom stereocenters. The molecule has 0 aromatic carbocycles. The van der Waals surface area contributed by atoms with Gasteiger partial charge < -0.3 is 10.1 Å². The summed E-state index contributed by atoms with van der Waals surface area (Å²) in [5.74, 6) is -0.594. The van der Waals surface area contributed by atoms with Crippen molar-refractivity contribution in [3.63, 3.8) is 0 Å². The summed E-state index contributed by atoms with van der Waals surface area (Å²) in [6, 6.07) is 10.3. The molecule has 24 heavy (non-hydrogen) atoms. The third-order valence-electron chi connectivity index (χ3n) is 3.21. The van der Waals surface area contributed by atoms with Gasteiger partial charge in [-0.2, -0.15) is 0 Å². The fourth-order valence-electron chi connectivity index (χ4n) is 2.01. The Morgan fingerprint density at radius 3 is 2.54 bits per heavy atom. The molecule has 0 radical (unpaired) electrons. The van der Waals surface area contributed by atoms with E-state index in [0.29, 0.717) is 16.1 Å². The molecule has 0 saturated carbocycles. The van der Waals surface area contributed by atoms with Crippen molar-refractivity contribution in [1.82, 2.24) is 9.97 Å². The van der Waals surface area contributed by atoms with Crippen LogP contribution < -0.4 is 5.32 Å². The Morgan fingerprint density at radius 1 is 1.08 bits per heavy atom. The molecule has 0 saturated heterocycles. The summed E-state index contributed by atoms with van der Waals surface area (Å²) in [5, 5.41) is 2.77. The molecule has 120 valence electrons. The molecule has 3 heterocycles. The minimum absolute atomic E-state index is 0.226. The van der Waals surface area contributed by atoms with Crippen LogP contribution in [0.1, 0.15) is 20.0 Å². The Morgan fingerprint density at radius 2 is 1.88 bits per heavy atom. The summed E-state index contributed by atoms with van der Waals surface area (Å²) in [4.78, 5) is 33.1. The van der Waals surface area contributed by atoms with Gasteiger partial charge in [0, 0.05) is 18.0 Å². The number of aromatic nitrogens is 2. The lowest BCUT2D eigenvalue weighted by Crippen LogP contribution is -2.11. The Labute approximate surface area is 142 Å². The van der Waals surface area contributed by atoms with Crippen LogP contribution >= 0.6 is 11.3 Å². The number of amides is 1. The van der Waals surface area contributed by atoms with Crippen LogP contribution in [0.5, 0.6) is 0 Å². The number of anilines is 1. The lowest BCUT2D eigenvalue weighted by atomic mass is 10.2. The summed E-state index contributed by atoms with van der Waals surface area (Å²) >= 11 is 1.30. The van der Waals surface area contributed by atoms with Gasteiger partial charge in [0.1, 0.15) is 4.88 Å². The van der Waals surface area contributed by atoms with Crippen LogP contribution in [0.25, 0.3) is 10.6 Å². The van der Waals surface area contributed by atoms with Gasteiger partial charge in [0.2, 0.25) is 0 Å². The molecule has 0 aliphatic carbocycles. The van der Waals surface area contributed by atoms with Crippen molar-refractivity contribution >= 4 is 28.9 Å². The van der Waals surface area contributed by atoms with Gasteiger partial charge in [-0.25, -0.2) is 4.79 Å². The van der Waals surface area contributed by atoms with Crippen molar-refractivity contribution in [1.29, 1.82) is 0 Å². The second-order valence-electron chi connectivity index (χ2n) is 4.78. The molecule has 3 aromatic rings. The number of hydrogen-bond donors (Lipinski definition) is 1. The van der Waals surface area contributed by atoms with E-state index >= 15 is 0 Å². The van der Waals surface area contributed by atoms with E-state index in [2.05, 4.69) is 20.0 Å². The molecular formula is C17H13N3O3S. The van der Waals surface area contributed by atoms with E-state index in [0.717, 1.165) is 10.6 Å². The summed E-state index contributed by atoms with van der Waals surface area (Å²) in [5.41, 5.74) is 1.83. The molecule has 0 aliphatic rings. The number of rotatable bonds is 4. The minimum atomic E-state index is -0.368. The third-order valence-corrected chi connectivity index (χ3v) is 4.30. The third kappa shape index (κ3) is 3.47. The maximum Gasteiger partial charge on any atom is 0.348 e. The lowest BCUT2D eigenvalue weighted by molar-refractivity contribution is 0.0606. The van der Waals surface area contributed by atoms with E-state index in [1.165, 1.54) is 18.4 Å². The highest BCUT2D eigenvalue weighted by Crippen LogP contribution is 2.27. The highest BCUT2D eigenvalue weighted by atomic mass is 32.1. The second kappa shape index (κ2) is 7.01. The van der Waals surface area contributed by atoms with Crippen molar-refractivity contribution in [3.8, 4) is 10.6 Å². The molecule has 0 fully saturated rings. The van der Waals surface area contributed by atoms with Gasteiger partial charge in [0.05, 0.1) is 29.6 Å². The number of carbonyl (C=O) groups is 2. The average Bonchev–Trinajstić information content (AvgIpc) is 3.12. The van der Waals surface area contributed by atoms with Crippen molar-refractivity contribution in [3.05, 3.63) is 65.4 Å². The number of ether oxygens (including phenoxy) is 1. The summed E-state index contributed by atoms with van der Waals surface area (Å²) in [7, 11) is 1.35. The first-order valence-electron chi connectivity index (χ1n) is 7.03. The maximum absolute atomic E-state index is 12.1. The predicted molar refractivity (Wildman–Crippen MR) is 91.1 cm³/mol.